The number of carbonyl (C=O) groups excluding carboxylic acids is 1. The Labute approximate surface area is 128 Å². The van der Waals surface area contributed by atoms with Gasteiger partial charge in [0.25, 0.3) is 0 Å². The number of ether oxygens (including phenoxy) is 1. The zero-order valence-electron chi connectivity index (χ0n) is 12.4. The summed E-state index contributed by atoms with van der Waals surface area (Å²) in [5.41, 5.74) is 3.02. The molecular formula is C17H15N3O2. The molecule has 0 atom stereocenters. The molecule has 0 amide bonds. The average molecular weight is 293 g/mol. The Morgan fingerprint density at radius 2 is 1.73 bits per heavy atom. The van der Waals surface area contributed by atoms with Crippen LogP contribution in [0.4, 0.5) is 5.69 Å². The summed E-state index contributed by atoms with van der Waals surface area (Å²) in [5, 5.41) is 0. The number of aromatic nitrogens is 1. The second kappa shape index (κ2) is 5.81. The molecule has 5 nitrogen and oxygen atoms in total. The van der Waals surface area contributed by atoms with Gasteiger partial charge < -0.3 is 9.64 Å². The van der Waals surface area contributed by atoms with Crippen LogP contribution in [0.1, 0.15) is 11.1 Å². The van der Waals surface area contributed by atoms with E-state index in [2.05, 4.69) is 9.98 Å². The summed E-state index contributed by atoms with van der Waals surface area (Å²) < 4.78 is 5.20. The van der Waals surface area contributed by atoms with E-state index in [0.29, 0.717) is 11.6 Å². The Kier molecular flexibility index (Phi) is 3.70. The van der Waals surface area contributed by atoms with Crippen LogP contribution in [-0.4, -0.2) is 30.9 Å². The lowest BCUT2D eigenvalue weighted by Gasteiger charge is -2.11. The Morgan fingerprint density at radius 3 is 2.36 bits per heavy atom. The van der Waals surface area contributed by atoms with Crippen LogP contribution in [0.2, 0.25) is 0 Å². The van der Waals surface area contributed by atoms with Crippen LogP contribution in [0, 0.1) is 0 Å². The van der Waals surface area contributed by atoms with Gasteiger partial charge in [0, 0.05) is 37.7 Å². The largest absolute Gasteiger partial charge is 0.402 e. The summed E-state index contributed by atoms with van der Waals surface area (Å²) >= 11 is 0. The van der Waals surface area contributed by atoms with Crippen LogP contribution >= 0.6 is 0 Å². The molecule has 0 N–H and O–H groups in total. The second-order valence-corrected chi connectivity index (χ2v) is 5.06. The summed E-state index contributed by atoms with van der Waals surface area (Å²) in [6, 6.07) is 11.4. The van der Waals surface area contributed by atoms with Crippen molar-refractivity contribution in [3.8, 4) is 0 Å². The van der Waals surface area contributed by atoms with Crippen molar-refractivity contribution >= 4 is 23.6 Å². The number of carbonyl (C=O) groups is 1. The van der Waals surface area contributed by atoms with Crippen molar-refractivity contribution in [3.05, 3.63) is 65.6 Å². The van der Waals surface area contributed by atoms with Crippen LogP contribution in [-0.2, 0) is 9.53 Å². The van der Waals surface area contributed by atoms with E-state index in [1.165, 1.54) is 0 Å². The van der Waals surface area contributed by atoms with Crippen LogP contribution in [0.3, 0.4) is 0 Å². The van der Waals surface area contributed by atoms with E-state index >= 15 is 0 Å². The fourth-order valence-corrected chi connectivity index (χ4v) is 2.05. The van der Waals surface area contributed by atoms with Gasteiger partial charge in [-0.05, 0) is 35.9 Å². The SMILES string of the molecule is CN(C)c1ccc(/C=C2/N=C(c3ccncc3)OC2=O)cc1. The van der Waals surface area contributed by atoms with Crippen molar-refractivity contribution < 1.29 is 9.53 Å². The minimum Gasteiger partial charge on any atom is -0.402 e. The molecule has 1 aromatic carbocycles. The van der Waals surface area contributed by atoms with Gasteiger partial charge in [0.15, 0.2) is 5.70 Å². The first kappa shape index (κ1) is 14.0. The van der Waals surface area contributed by atoms with Crippen molar-refractivity contribution in [1.29, 1.82) is 0 Å². The van der Waals surface area contributed by atoms with E-state index in [1.54, 1.807) is 30.6 Å². The molecule has 0 saturated heterocycles. The van der Waals surface area contributed by atoms with E-state index in [0.717, 1.165) is 16.8 Å². The fraction of sp³-hybridized carbons (Fsp3) is 0.118. The Bertz CT molecular complexity index is 747. The predicted octanol–water partition coefficient (Wildman–Crippen LogP) is 2.49. The molecule has 0 aliphatic carbocycles. The quantitative estimate of drug-likeness (QED) is 0.644. The Hall–Kier alpha value is -2.95. The molecular weight excluding hydrogens is 278 g/mol. The van der Waals surface area contributed by atoms with Crippen molar-refractivity contribution in [1.82, 2.24) is 4.98 Å². The smallest absolute Gasteiger partial charge is 0.363 e. The Morgan fingerprint density at radius 1 is 1.05 bits per heavy atom. The summed E-state index contributed by atoms with van der Waals surface area (Å²) in [5.74, 6) is -0.132. The van der Waals surface area contributed by atoms with Gasteiger partial charge in [0.05, 0.1) is 0 Å². The maximum absolute atomic E-state index is 11.9. The molecule has 110 valence electrons. The molecule has 1 aliphatic heterocycles. The minimum absolute atomic E-state index is 0.296. The van der Waals surface area contributed by atoms with Crippen LogP contribution in [0.25, 0.3) is 6.08 Å². The van der Waals surface area contributed by atoms with Gasteiger partial charge in [-0.1, -0.05) is 12.1 Å². The van der Waals surface area contributed by atoms with Crippen LogP contribution < -0.4 is 4.90 Å². The number of aliphatic imine (C=N–C) groups is 1. The van der Waals surface area contributed by atoms with Crippen LogP contribution in [0.15, 0.2) is 59.5 Å². The first-order valence-electron chi connectivity index (χ1n) is 6.84. The van der Waals surface area contributed by atoms with Gasteiger partial charge >= 0.3 is 5.97 Å². The lowest BCUT2D eigenvalue weighted by atomic mass is 10.1. The minimum atomic E-state index is -0.441. The van der Waals surface area contributed by atoms with E-state index in [1.807, 2.05) is 43.3 Å². The van der Waals surface area contributed by atoms with Gasteiger partial charge in [-0.25, -0.2) is 9.79 Å². The monoisotopic (exact) mass is 293 g/mol. The molecule has 0 spiro atoms. The van der Waals surface area contributed by atoms with Crippen molar-refractivity contribution in [2.75, 3.05) is 19.0 Å². The van der Waals surface area contributed by atoms with Crippen molar-refractivity contribution in [2.45, 2.75) is 0 Å². The number of benzene rings is 1. The lowest BCUT2D eigenvalue weighted by Crippen LogP contribution is -2.08. The highest BCUT2D eigenvalue weighted by Gasteiger charge is 2.23. The summed E-state index contributed by atoms with van der Waals surface area (Å²) in [7, 11) is 3.96. The number of cyclic esters (lactones) is 1. The normalized spacial score (nSPS) is 15.6. The predicted molar refractivity (Wildman–Crippen MR) is 85.6 cm³/mol. The molecule has 3 rings (SSSR count). The number of rotatable bonds is 3. The van der Waals surface area contributed by atoms with Gasteiger partial charge in [-0.2, -0.15) is 0 Å². The third-order valence-electron chi connectivity index (χ3n) is 3.26. The number of hydrogen-bond acceptors (Lipinski definition) is 5. The molecule has 22 heavy (non-hydrogen) atoms. The number of pyridine rings is 1. The zero-order chi connectivity index (χ0) is 15.5. The van der Waals surface area contributed by atoms with E-state index in [4.69, 9.17) is 4.74 Å². The zero-order valence-corrected chi connectivity index (χ0v) is 12.4. The van der Waals surface area contributed by atoms with Gasteiger partial charge in [-0.15, -0.1) is 0 Å². The van der Waals surface area contributed by atoms with E-state index < -0.39 is 5.97 Å². The third kappa shape index (κ3) is 2.88. The van der Waals surface area contributed by atoms with Crippen molar-refractivity contribution in [3.63, 3.8) is 0 Å². The molecule has 0 unspecified atom stereocenters. The summed E-state index contributed by atoms with van der Waals surface area (Å²) in [4.78, 5) is 22.1. The molecule has 5 heteroatoms. The van der Waals surface area contributed by atoms with Crippen molar-refractivity contribution in [2.24, 2.45) is 4.99 Å². The molecule has 2 heterocycles. The average Bonchev–Trinajstić information content (AvgIpc) is 2.90. The topological polar surface area (TPSA) is 54.8 Å². The molecule has 2 aromatic rings. The number of esters is 1. The maximum Gasteiger partial charge on any atom is 0.363 e. The highest BCUT2D eigenvalue weighted by Crippen LogP contribution is 2.20. The lowest BCUT2D eigenvalue weighted by molar-refractivity contribution is -0.129. The van der Waals surface area contributed by atoms with E-state index in [-0.39, 0.29) is 0 Å². The number of hydrogen-bond donors (Lipinski definition) is 0. The van der Waals surface area contributed by atoms with E-state index in [9.17, 15) is 4.79 Å². The van der Waals surface area contributed by atoms with Crippen LogP contribution in [0.5, 0.6) is 0 Å². The molecule has 0 radical (unpaired) electrons. The molecule has 0 fully saturated rings. The van der Waals surface area contributed by atoms with Gasteiger partial charge in [0.2, 0.25) is 5.90 Å². The molecule has 0 saturated carbocycles. The number of nitrogens with zero attached hydrogens (tertiary/aromatic N) is 3. The highest BCUT2D eigenvalue weighted by atomic mass is 16.6. The third-order valence-corrected chi connectivity index (χ3v) is 3.26. The molecule has 1 aliphatic rings. The fourth-order valence-electron chi connectivity index (χ4n) is 2.05. The molecule has 1 aromatic heterocycles. The van der Waals surface area contributed by atoms with Gasteiger partial charge in [-0.3, -0.25) is 4.98 Å². The maximum atomic E-state index is 11.9. The summed E-state index contributed by atoms with van der Waals surface area (Å²) in [6.07, 6.45) is 4.98. The first-order chi connectivity index (χ1) is 10.6. The molecule has 0 bridgehead atoms. The standard InChI is InChI=1S/C17H15N3O2/c1-20(2)14-5-3-12(4-6-14)11-15-17(21)22-16(19-15)13-7-9-18-10-8-13/h3-11H,1-2H3/b15-11+. The second-order valence-electron chi connectivity index (χ2n) is 5.06. The Balaban J connectivity index is 1.87. The summed E-state index contributed by atoms with van der Waals surface area (Å²) in [6.45, 7) is 0. The van der Waals surface area contributed by atoms with Gasteiger partial charge in [0.1, 0.15) is 0 Å². The first-order valence-corrected chi connectivity index (χ1v) is 6.84. The number of anilines is 1. The highest BCUT2D eigenvalue weighted by molar-refractivity contribution is 6.12.